The molecule has 1 aromatic carbocycles. The van der Waals surface area contributed by atoms with E-state index in [0.29, 0.717) is 6.04 Å². The summed E-state index contributed by atoms with van der Waals surface area (Å²) in [6.45, 7) is 7.67. The van der Waals surface area contributed by atoms with Crippen molar-refractivity contribution in [1.82, 2.24) is 4.90 Å². The fraction of sp³-hybridized carbons (Fsp3) is 0.333. The van der Waals surface area contributed by atoms with Crippen molar-refractivity contribution in [3.63, 3.8) is 0 Å². The van der Waals surface area contributed by atoms with Crippen LogP contribution in [0.3, 0.4) is 0 Å². The monoisotopic (exact) mass is 231 g/mol. The Morgan fingerprint density at radius 2 is 2.29 bits per heavy atom. The third-order valence-electron chi connectivity index (χ3n) is 3.29. The second-order valence-electron chi connectivity index (χ2n) is 4.56. The van der Waals surface area contributed by atoms with Gasteiger partial charge in [-0.2, -0.15) is 0 Å². The molecular formula is C15H18FN. The molecule has 0 saturated heterocycles. The SMILES string of the molecule is C=CC=CCN1Cc2ccc(F)cc2CC1C. The fourth-order valence-corrected chi connectivity index (χ4v) is 2.30. The van der Waals surface area contributed by atoms with E-state index in [9.17, 15) is 4.39 Å². The summed E-state index contributed by atoms with van der Waals surface area (Å²) < 4.78 is 13.1. The molecule has 0 radical (unpaired) electrons. The quantitative estimate of drug-likeness (QED) is 0.721. The molecule has 0 saturated carbocycles. The maximum absolute atomic E-state index is 13.1. The topological polar surface area (TPSA) is 3.24 Å². The Balaban J connectivity index is 2.12. The molecule has 0 aromatic heterocycles. The van der Waals surface area contributed by atoms with E-state index in [4.69, 9.17) is 0 Å². The van der Waals surface area contributed by atoms with Gasteiger partial charge < -0.3 is 0 Å². The van der Waals surface area contributed by atoms with Crippen molar-refractivity contribution >= 4 is 0 Å². The maximum atomic E-state index is 13.1. The normalized spacial score (nSPS) is 20.5. The molecule has 90 valence electrons. The van der Waals surface area contributed by atoms with Gasteiger partial charge in [0, 0.05) is 19.1 Å². The molecule has 17 heavy (non-hydrogen) atoms. The number of halogens is 1. The molecule has 0 aliphatic carbocycles. The fourth-order valence-electron chi connectivity index (χ4n) is 2.30. The lowest BCUT2D eigenvalue weighted by molar-refractivity contribution is 0.205. The van der Waals surface area contributed by atoms with Crippen LogP contribution >= 0.6 is 0 Å². The minimum Gasteiger partial charge on any atom is -0.292 e. The van der Waals surface area contributed by atoms with Crippen LogP contribution in [0.25, 0.3) is 0 Å². The first-order valence-electron chi connectivity index (χ1n) is 5.99. The van der Waals surface area contributed by atoms with E-state index < -0.39 is 0 Å². The van der Waals surface area contributed by atoms with E-state index in [0.717, 1.165) is 25.1 Å². The van der Waals surface area contributed by atoms with Crippen molar-refractivity contribution in [3.8, 4) is 0 Å². The minimum atomic E-state index is -0.129. The maximum Gasteiger partial charge on any atom is 0.123 e. The summed E-state index contributed by atoms with van der Waals surface area (Å²) in [5, 5.41) is 0. The van der Waals surface area contributed by atoms with Crippen LogP contribution < -0.4 is 0 Å². The van der Waals surface area contributed by atoms with E-state index >= 15 is 0 Å². The molecular weight excluding hydrogens is 213 g/mol. The molecule has 2 heteroatoms. The van der Waals surface area contributed by atoms with Gasteiger partial charge in [0.1, 0.15) is 5.82 Å². The van der Waals surface area contributed by atoms with Gasteiger partial charge in [-0.15, -0.1) is 0 Å². The molecule has 1 aliphatic heterocycles. The first-order chi connectivity index (χ1) is 8.20. The molecule has 1 atom stereocenters. The Morgan fingerprint density at radius 1 is 1.47 bits per heavy atom. The molecule has 2 rings (SSSR count). The van der Waals surface area contributed by atoms with Gasteiger partial charge in [0.05, 0.1) is 0 Å². The van der Waals surface area contributed by atoms with Crippen LogP contribution in [0.15, 0.2) is 43.0 Å². The number of hydrogen-bond acceptors (Lipinski definition) is 1. The van der Waals surface area contributed by atoms with Gasteiger partial charge in [0.15, 0.2) is 0 Å². The Hall–Kier alpha value is -1.41. The van der Waals surface area contributed by atoms with Gasteiger partial charge in [-0.25, -0.2) is 4.39 Å². The number of hydrogen-bond donors (Lipinski definition) is 0. The molecule has 1 aromatic rings. The van der Waals surface area contributed by atoms with Gasteiger partial charge in [-0.3, -0.25) is 4.90 Å². The molecule has 0 spiro atoms. The van der Waals surface area contributed by atoms with Gasteiger partial charge in [0.2, 0.25) is 0 Å². The first kappa shape index (κ1) is 12.1. The van der Waals surface area contributed by atoms with Gasteiger partial charge in [-0.05, 0) is 36.6 Å². The highest BCUT2D eigenvalue weighted by Crippen LogP contribution is 2.23. The number of nitrogens with zero attached hydrogens (tertiary/aromatic N) is 1. The highest BCUT2D eigenvalue weighted by Gasteiger charge is 2.21. The Morgan fingerprint density at radius 3 is 3.06 bits per heavy atom. The second kappa shape index (κ2) is 5.28. The van der Waals surface area contributed by atoms with Crippen LogP contribution in [0.2, 0.25) is 0 Å². The minimum absolute atomic E-state index is 0.129. The smallest absolute Gasteiger partial charge is 0.123 e. The third kappa shape index (κ3) is 2.83. The zero-order valence-corrected chi connectivity index (χ0v) is 10.2. The van der Waals surface area contributed by atoms with Crippen LogP contribution in [0.5, 0.6) is 0 Å². The van der Waals surface area contributed by atoms with E-state index in [1.807, 2.05) is 12.1 Å². The summed E-state index contributed by atoms with van der Waals surface area (Å²) in [7, 11) is 0. The number of allylic oxidation sites excluding steroid dienone is 2. The largest absolute Gasteiger partial charge is 0.292 e. The Labute approximate surface area is 102 Å². The van der Waals surface area contributed by atoms with E-state index in [-0.39, 0.29) is 5.82 Å². The number of rotatable bonds is 3. The van der Waals surface area contributed by atoms with E-state index in [1.165, 1.54) is 5.56 Å². The third-order valence-corrected chi connectivity index (χ3v) is 3.29. The van der Waals surface area contributed by atoms with Crippen LogP contribution in [-0.2, 0) is 13.0 Å². The molecule has 1 aliphatic rings. The van der Waals surface area contributed by atoms with Crippen molar-refractivity contribution in [2.45, 2.75) is 25.9 Å². The molecule has 0 fully saturated rings. The summed E-state index contributed by atoms with van der Waals surface area (Å²) in [6, 6.07) is 5.58. The molecule has 1 heterocycles. The molecule has 1 unspecified atom stereocenters. The zero-order chi connectivity index (χ0) is 12.3. The van der Waals surface area contributed by atoms with Gasteiger partial charge >= 0.3 is 0 Å². The summed E-state index contributed by atoms with van der Waals surface area (Å²) in [5.41, 5.74) is 2.40. The van der Waals surface area contributed by atoms with E-state index in [1.54, 1.807) is 18.2 Å². The van der Waals surface area contributed by atoms with Gasteiger partial charge in [0.25, 0.3) is 0 Å². The molecule has 0 N–H and O–H groups in total. The summed E-state index contributed by atoms with van der Waals surface area (Å²) in [6.07, 6.45) is 6.79. The Kier molecular flexibility index (Phi) is 3.75. The van der Waals surface area contributed by atoms with Crippen molar-refractivity contribution in [2.75, 3.05) is 6.54 Å². The summed E-state index contributed by atoms with van der Waals surface area (Å²) >= 11 is 0. The van der Waals surface area contributed by atoms with E-state index in [2.05, 4.69) is 24.5 Å². The predicted octanol–water partition coefficient (Wildman–Crippen LogP) is 3.31. The number of benzene rings is 1. The number of fused-ring (bicyclic) bond motifs is 1. The van der Waals surface area contributed by atoms with Crippen LogP contribution in [0.1, 0.15) is 18.1 Å². The van der Waals surface area contributed by atoms with Crippen LogP contribution in [-0.4, -0.2) is 17.5 Å². The van der Waals surface area contributed by atoms with Crippen molar-refractivity contribution in [2.24, 2.45) is 0 Å². The lowest BCUT2D eigenvalue weighted by atomic mass is 9.95. The summed E-state index contributed by atoms with van der Waals surface area (Å²) in [5.74, 6) is -0.129. The highest BCUT2D eigenvalue weighted by molar-refractivity contribution is 5.30. The lowest BCUT2D eigenvalue weighted by Crippen LogP contribution is -2.38. The lowest BCUT2D eigenvalue weighted by Gasteiger charge is -2.34. The van der Waals surface area contributed by atoms with Crippen molar-refractivity contribution in [3.05, 3.63) is 60.0 Å². The average Bonchev–Trinajstić information content (AvgIpc) is 2.30. The summed E-state index contributed by atoms with van der Waals surface area (Å²) in [4.78, 5) is 2.39. The molecule has 0 bridgehead atoms. The molecule has 0 amide bonds. The highest BCUT2D eigenvalue weighted by atomic mass is 19.1. The van der Waals surface area contributed by atoms with Crippen LogP contribution in [0.4, 0.5) is 4.39 Å². The average molecular weight is 231 g/mol. The van der Waals surface area contributed by atoms with Crippen molar-refractivity contribution < 1.29 is 4.39 Å². The van der Waals surface area contributed by atoms with Crippen LogP contribution in [0, 0.1) is 5.82 Å². The first-order valence-corrected chi connectivity index (χ1v) is 5.99. The van der Waals surface area contributed by atoms with Crippen molar-refractivity contribution in [1.29, 1.82) is 0 Å². The Bertz CT molecular complexity index is 437. The molecule has 1 nitrogen and oxygen atoms in total. The second-order valence-corrected chi connectivity index (χ2v) is 4.56. The predicted molar refractivity (Wildman–Crippen MR) is 69.3 cm³/mol. The standard InChI is InChI=1S/C15H18FN/c1-3-4-5-8-17-11-13-6-7-15(16)10-14(13)9-12(17)2/h3-7,10,12H,1,8-9,11H2,2H3. The van der Waals surface area contributed by atoms with Gasteiger partial charge in [-0.1, -0.05) is 30.9 Å². The zero-order valence-electron chi connectivity index (χ0n) is 10.2.